The van der Waals surface area contributed by atoms with Gasteiger partial charge in [-0.2, -0.15) is 0 Å². The van der Waals surface area contributed by atoms with E-state index in [1.165, 1.54) is 6.07 Å². The van der Waals surface area contributed by atoms with Gasteiger partial charge in [0.05, 0.1) is 24.5 Å². The second-order valence-electron chi connectivity index (χ2n) is 3.97. The summed E-state index contributed by atoms with van der Waals surface area (Å²) in [5.74, 6) is 0.771. The van der Waals surface area contributed by atoms with Crippen molar-refractivity contribution in [3.63, 3.8) is 0 Å². The van der Waals surface area contributed by atoms with E-state index in [1.54, 1.807) is 24.9 Å². The Balaban J connectivity index is 2.29. The molecular weight excluding hydrogens is 296 g/mol. The van der Waals surface area contributed by atoms with Crippen LogP contribution in [-0.4, -0.2) is 16.7 Å². The summed E-state index contributed by atoms with van der Waals surface area (Å²) in [5, 5.41) is 0. The minimum Gasteiger partial charge on any atom is -0.496 e. The van der Waals surface area contributed by atoms with Crippen molar-refractivity contribution in [1.29, 1.82) is 0 Å². The van der Waals surface area contributed by atoms with Crippen LogP contribution in [-0.2, 0) is 6.54 Å². The van der Waals surface area contributed by atoms with Crippen LogP contribution in [0.25, 0.3) is 0 Å². The Morgan fingerprint density at radius 2 is 2.17 bits per heavy atom. The third-order valence-electron chi connectivity index (χ3n) is 2.59. The van der Waals surface area contributed by atoms with Gasteiger partial charge in [0.2, 0.25) is 0 Å². The highest BCUT2D eigenvalue weighted by Crippen LogP contribution is 2.25. The van der Waals surface area contributed by atoms with Crippen LogP contribution < -0.4 is 10.3 Å². The van der Waals surface area contributed by atoms with Gasteiger partial charge in [0, 0.05) is 11.8 Å². The van der Waals surface area contributed by atoms with Gasteiger partial charge < -0.3 is 4.74 Å². The quantitative estimate of drug-likeness (QED) is 0.874. The first-order valence-electron chi connectivity index (χ1n) is 5.45. The fraction of sp³-hybridized carbons (Fsp3) is 0.231. The van der Waals surface area contributed by atoms with E-state index >= 15 is 0 Å². The molecule has 1 aromatic heterocycles. The molecule has 0 amide bonds. The van der Waals surface area contributed by atoms with Crippen LogP contribution in [0.3, 0.4) is 0 Å². The maximum absolute atomic E-state index is 11.7. The van der Waals surface area contributed by atoms with Crippen molar-refractivity contribution < 1.29 is 4.74 Å². The molecule has 0 atom stereocenters. The molecule has 0 bridgehead atoms. The minimum absolute atomic E-state index is 0.0468. The van der Waals surface area contributed by atoms with Crippen LogP contribution in [0.15, 0.2) is 39.9 Å². The third kappa shape index (κ3) is 2.79. The number of nitrogens with zero attached hydrogens (tertiary/aromatic N) is 2. The van der Waals surface area contributed by atoms with Crippen molar-refractivity contribution in [1.82, 2.24) is 9.55 Å². The fourth-order valence-electron chi connectivity index (χ4n) is 1.64. The maximum Gasteiger partial charge on any atom is 0.253 e. The molecule has 4 nitrogen and oxygen atoms in total. The van der Waals surface area contributed by atoms with Gasteiger partial charge in [0.25, 0.3) is 5.56 Å². The molecule has 0 spiro atoms. The molecule has 0 aliphatic carbocycles. The second kappa shape index (κ2) is 5.35. The molecule has 0 unspecified atom stereocenters. The molecule has 5 heteroatoms. The van der Waals surface area contributed by atoms with Gasteiger partial charge in [-0.25, -0.2) is 4.98 Å². The Morgan fingerprint density at radius 1 is 1.39 bits per heavy atom. The standard InChI is InChI=1S/C13H13BrN2O2/c1-9-5-13(17)16(8-15-9)7-10-3-4-12(18-2)11(14)6-10/h3-6,8H,7H2,1-2H3. The Labute approximate surface area is 113 Å². The number of methoxy groups -OCH3 is 1. The van der Waals surface area contributed by atoms with E-state index in [-0.39, 0.29) is 5.56 Å². The van der Waals surface area contributed by atoms with Crippen molar-refractivity contribution in [2.24, 2.45) is 0 Å². The van der Waals surface area contributed by atoms with Gasteiger partial charge in [-0.05, 0) is 40.5 Å². The highest BCUT2D eigenvalue weighted by molar-refractivity contribution is 9.10. The molecule has 94 valence electrons. The smallest absolute Gasteiger partial charge is 0.253 e. The molecule has 0 saturated carbocycles. The molecule has 1 heterocycles. The summed E-state index contributed by atoms with van der Waals surface area (Å²) in [6.07, 6.45) is 1.57. The third-order valence-corrected chi connectivity index (χ3v) is 3.21. The van der Waals surface area contributed by atoms with Gasteiger partial charge >= 0.3 is 0 Å². The minimum atomic E-state index is -0.0468. The lowest BCUT2D eigenvalue weighted by molar-refractivity contribution is 0.412. The first kappa shape index (κ1) is 12.8. The van der Waals surface area contributed by atoms with Gasteiger partial charge in [0.15, 0.2) is 0 Å². The van der Waals surface area contributed by atoms with E-state index in [0.717, 1.165) is 21.5 Å². The molecule has 2 rings (SSSR count). The van der Waals surface area contributed by atoms with Crippen LogP contribution in [0.5, 0.6) is 5.75 Å². The molecule has 0 N–H and O–H groups in total. The molecule has 18 heavy (non-hydrogen) atoms. The molecule has 0 fully saturated rings. The van der Waals surface area contributed by atoms with Gasteiger partial charge in [-0.3, -0.25) is 9.36 Å². The van der Waals surface area contributed by atoms with Crippen molar-refractivity contribution in [2.75, 3.05) is 7.11 Å². The number of hydrogen-bond acceptors (Lipinski definition) is 3. The molecular formula is C13H13BrN2O2. The number of hydrogen-bond donors (Lipinski definition) is 0. The molecule has 0 radical (unpaired) electrons. The number of halogens is 1. The molecule has 0 aliphatic heterocycles. The number of rotatable bonds is 3. The van der Waals surface area contributed by atoms with Gasteiger partial charge in [-0.15, -0.1) is 0 Å². The summed E-state index contributed by atoms with van der Waals surface area (Å²) in [5.41, 5.74) is 1.69. The fourth-order valence-corrected chi connectivity index (χ4v) is 2.23. The van der Waals surface area contributed by atoms with Crippen LogP contribution >= 0.6 is 15.9 Å². The predicted octanol–water partition coefficient (Wildman–Crippen LogP) is 2.37. The molecule has 0 saturated heterocycles. The van der Waals surface area contributed by atoms with Crippen LogP contribution in [0.2, 0.25) is 0 Å². The predicted molar refractivity (Wildman–Crippen MR) is 73.0 cm³/mol. The number of aromatic nitrogens is 2. The Hall–Kier alpha value is -1.62. The lowest BCUT2D eigenvalue weighted by Gasteiger charge is -2.08. The Morgan fingerprint density at radius 3 is 2.78 bits per heavy atom. The van der Waals surface area contributed by atoms with Crippen LogP contribution in [0.4, 0.5) is 0 Å². The zero-order valence-electron chi connectivity index (χ0n) is 10.2. The largest absolute Gasteiger partial charge is 0.496 e. The number of benzene rings is 1. The summed E-state index contributed by atoms with van der Waals surface area (Å²) in [6, 6.07) is 7.26. The van der Waals surface area contributed by atoms with E-state index in [2.05, 4.69) is 20.9 Å². The summed E-state index contributed by atoms with van der Waals surface area (Å²) in [6.45, 7) is 2.30. The topological polar surface area (TPSA) is 44.1 Å². The second-order valence-corrected chi connectivity index (χ2v) is 4.82. The van der Waals surface area contributed by atoms with Gasteiger partial charge in [0.1, 0.15) is 5.75 Å². The van der Waals surface area contributed by atoms with Crippen LogP contribution in [0.1, 0.15) is 11.3 Å². The number of ether oxygens (including phenoxy) is 1. The van der Waals surface area contributed by atoms with E-state index < -0.39 is 0 Å². The zero-order chi connectivity index (χ0) is 13.1. The summed E-state index contributed by atoms with van der Waals surface area (Å²) in [4.78, 5) is 15.9. The molecule has 0 aliphatic rings. The zero-order valence-corrected chi connectivity index (χ0v) is 11.8. The monoisotopic (exact) mass is 308 g/mol. The maximum atomic E-state index is 11.7. The highest BCUT2D eigenvalue weighted by atomic mass is 79.9. The lowest BCUT2D eigenvalue weighted by atomic mass is 10.2. The Kier molecular flexibility index (Phi) is 3.81. The Bertz CT molecular complexity index is 623. The lowest BCUT2D eigenvalue weighted by Crippen LogP contribution is -2.20. The first-order chi connectivity index (χ1) is 8.60. The number of aryl methyl sites for hydroxylation is 1. The molecule has 1 aromatic carbocycles. The highest BCUT2D eigenvalue weighted by Gasteiger charge is 2.03. The summed E-state index contributed by atoms with van der Waals surface area (Å²) in [7, 11) is 1.62. The van der Waals surface area contributed by atoms with E-state index in [0.29, 0.717) is 6.54 Å². The average Bonchev–Trinajstić information content (AvgIpc) is 2.33. The first-order valence-corrected chi connectivity index (χ1v) is 6.25. The average molecular weight is 309 g/mol. The van der Waals surface area contributed by atoms with E-state index in [1.807, 2.05) is 18.2 Å². The van der Waals surface area contributed by atoms with Crippen molar-refractivity contribution in [3.05, 3.63) is 56.7 Å². The van der Waals surface area contributed by atoms with E-state index in [4.69, 9.17) is 4.74 Å². The summed E-state index contributed by atoms with van der Waals surface area (Å²) < 4.78 is 7.60. The van der Waals surface area contributed by atoms with Crippen LogP contribution in [0, 0.1) is 6.92 Å². The van der Waals surface area contributed by atoms with Crippen molar-refractivity contribution in [2.45, 2.75) is 13.5 Å². The van der Waals surface area contributed by atoms with Gasteiger partial charge in [-0.1, -0.05) is 6.07 Å². The SMILES string of the molecule is COc1ccc(Cn2cnc(C)cc2=O)cc1Br. The van der Waals surface area contributed by atoms with E-state index in [9.17, 15) is 4.79 Å². The van der Waals surface area contributed by atoms with Crippen molar-refractivity contribution in [3.8, 4) is 5.75 Å². The summed E-state index contributed by atoms with van der Waals surface area (Å²) >= 11 is 3.42. The van der Waals surface area contributed by atoms with Crippen molar-refractivity contribution >= 4 is 15.9 Å². The molecule has 2 aromatic rings. The normalized spacial score (nSPS) is 10.4.